The summed E-state index contributed by atoms with van der Waals surface area (Å²) >= 11 is 1.70. The predicted molar refractivity (Wildman–Crippen MR) is 84.1 cm³/mol. The van der Waals surface area contributed by atoms with Gasteiger partial charge in [-0.15, -0.1) is 11.3 Å². The van der Waals surface area contributed by atoms with Gasteiger partial charge in [0.25, 0.3) is 0 Å². The number of fused-ring (bicyclic) bond motifs is 1. The Morgan fingerprint density at radius 3 is 2.85 bits per heavy atom. The van der Waals surface area contributed by atoms with Crippen molar-refractivity contribution in [3.8, 4) is 0 Å². The van der Waals surface area contributed by atoms with Gasteiger partial charge in [0, 0.05) is 23.2 Å². The van der Waals surface area contributed by atoms with Crippen LogP contribution in [0, 0.1) is 6.92 Å². The van der Waals surface area contributed by atoms with E-state index >= 15 is 0 Å². The standard InChI is InChI=1S/C15H18N4S/c1-3-4-14-18-12-7-11(16)5-6-13(12)19(14)8-15-17-10(2)9-20-15/h5-7,9H,3-4,8,16H2,1-2H3. The molecule has 0 radical (unpaired) electrons. The molecule has 0 amide bonds. The molecule has 3 rings (SSSR count). The molecule has 0 saturated heterocycles. The maximum Gasteiger partial charge on any atom is 0.113 e. The van der Waals surface area contributed by atoms with Gasteiger partial charge in [0.1, 0.15) is 10.8 Å². The van der Waals surface area contributed by atoms with Crippen LogP contribution in [0.2, 0.25) is 0 Å². The van der Waals surface area contributed by atoms with Crippen LogP contribution in [0.1, 0.15) is 29.9 Å². The van der Waals surface area contributed by atoms with Crippen molar-refractivity contribution in [3.63, 3.8) is 0 Å². The first-order chi connectivity index (χ1) is 9.67. The molecule has 0 bridgehead atoms. The number of aryl methyl sites for hydroxylation is 2. The monoisotopic (exact) mass is 286 g/mol. The van der Waals surface area contributed by atoms with Gasteiger partial charge in [-0.1, -0.05) is 6.92 Å². The highest BCUT2D eigenvalue weighted by Gasteiger charge is 2.12. The Morgan fingerprint density at radius 1 is 1.30 bits per heavy atom. The van der Waals surface area contributed by atoms with Crippen molar-refractivity contribution >= 4 is 28.1 Å². The minimum atomic E-state index is 0.760. The van der Waals surface area contributed by atoms with Gasteiger partial charge >= 0.3 is 0 Å². The number of imidazole rings is 1. The molecule has 2 aromatic heterocycles. The summed E-state index contributed by atoms with van der Waals surface area (Å²) in [4.78, 5) is 9.28. The number of hydrogen-bond acceptors (Lipinski definition) is 4. The van der Waals surface area contributed by atoms with Gasteiger partial charge in [-0.25, -0.2) is 9.97 Å². The molecule has 2 heterocycles. The Hall–Kier alpha value is -1.88. The zero-order valence-electron chi connectivity index (χ0n) is 11.8. The zero-order valence-corrected chi connectivity index (χ0v) is 12.6. The molecule has 4 nitrogen and oxygen atoms in total. The smallest absolute Gasteiger partial charge is 0.113 e. The molecule has 0 spiro atoms. The third-order valence-electron chi connectivity index (χ3n) is 3.28. The maximum atomic E-state index is 5.85. The summed E-state index contributed by atoms with van der Waals surface area (Å²) in [5.74, 6) is 1.11. The fraction of sp³-hybridized carbons (Fsp3) is 0.333. The Bertz CT molecular complexity index is 741. The van der Waals surface area contributed by atoms with Gasteiger partial charge in [-0.2, -0.15) is 0 Å². The quantitative estimate of drug-likeness (QED) is 0.748. The molecule has 0 unspecified atom stereocenters. The molecular weight excluding hydrogens is 268 g/mol. The van der Waals surface area contributed by atoms with E-state index in [9.17, 15) is 0 Å². The molecule has 1 aromatic carbocycles. The molecule has 104 valence electrons. The number of hydrogen-bond donors (Lipinski definition) is 1. The van der Waals surface area contributed by atoms with Gasteiger partial charge in [-0.3, -0.25) is 0 Å². The van der Waals surface area contributed by atoms with Crippen LogP contribution in [0.3, 0.4) is 0 Å². The van der Waals surface area contributed by atoms with Crippen molar-refractivity contribution in [3.05, 3.63) is 40.1 Å². The lowest BCUT2D eigenvalue weighted by Crippen LogP contribution is -2.05. The molecule has 0 atom stereocenters. The number of rotatable bonds is 4. The van der Waals surface area contributed by atoms with Gasteiger partial charge in [0.15, 0.2) is 0 Å². The first-order valence-electron chi connectivity index (χ1n) is 6.83. The van der Waals surface area contributed by atoms with Gasteiger partial charge in [0.2, 0.25) is 0 Å². The number of thiazole rings is 1. The Balaban J connectivity index is 2.08. The largest absolute Gasteiger partial charge is 0.399 e. The number of anilines is 1. The summed E-state index contributed by atoms with van der Waals surface area (Å²) in [6, 6.07) is 5.93. The van der Waals surface area contributed by atoms with Crippen LogP contribution in [0.5, 0.6) is 0 Å². The molecule has 2 N–H and O–H groups in total. The van der Waals surface area contributed by atoms with Crippen molar-refractivity contribution in [1.82, 2.24) is 14.5 Å². The molecule has 0 aliphatic carbocycles. The zero-order chi connectivity index (χ0) is 14.1. The minimum Gasteiger partial charge on any atom is -0.399 e. The van der Waals surface area contributed by atoms with Crippen LogP contribution in [-0.4, -0.2) is 14.5 Å². The highest BCUT2D eigenvalue weighted by Crippen LogP contribution is 2.22. The van der Waals surface area contributed by atoms with Crippen molar-refractivity contribution in [1.29, 1.82) is 0 Å². The molecule has 5 heteroatoms. The van der Waals surface area contributed by atoms with Crippen molar-refractivity contribution < 1.29 is 0 Å². The van der Waals surface area contributed by atoms with E-state index in [1.54, 1.807) is 11.3 Å². The molecule has 0 aliphatic heterocycles. The van der Waals surface area contributed by atoms with Crippen molar-refractivity contribution in [2.45, 2.75) is 33.2 Å². The minimum absolute atomic E-state index is 0.760. The molecule has 0 fully saturated rings. The number of nitrogens with zero attached hydrogens (tertiary/aromatic N) is 3. The third kappa shape index (κ3) is 2.41. The highest BCUT2D eigenvalue weighted by molar-refractivity contribution is 7.09. The summed E-state index contributed by atoms with van der Waals surface area (Å²) < 4.78 is 2.26. The van der Waals surface area contributed by atoms with Crippen LogP contribution in [0.15, 0.2) is 23.6 Å². The van der Waals surface area contributed by atoms with Crippen molar-refractivity contribution in [2.24, 2.45) is 0 Å². The Labute approximate surface area is 122 Å². The van der Waals surface area contributed by atoms with E-state index in [1.807, 2.05) is 19.1 Å². The number of aromatic nitrogens is 3. The van der Waals surface area contributed by atoms with Crippen molar-refractivity contribution in [2.75, 3.05) is 5.73 Å². The van der Waals surface area contributed by atoms with E-state index in [2.05, 4.69) is 27.9 Å². The first-order valence-corrected chi connectivity index (χ1v) is 7.71. The fourth-order valence-electron chi connectivity index (χ4n) is 2.40. The van der Waals surface area contributed by atoms with Crippen LogP contribution < -0.4 is 5.73 Å². The topological polar surface area (TPSA) is 56.7 Å². The number of benzene rings is 1. The summed E-state index contributed by atoms with van der Waals surface area (Å²) in [6.45, 7) is 4.99. The average molecular weight is 286 g/mol. The molecular formula is C15H18N4S. The lowest BCUT2D eigenvalue weighted by atomic mass is 10.3. The van der Waals surface area contributed by atoms with Gasteiger partial charge < -0.3 is 10.3 Å². The summed E-state index contributed by atoms with van der Waals surface area (Å²) in [5.41, 5.74) is 9.80. The lowest BCUT2D eigenvalue weighted by Gasteiger charge is -2.06. The van der Waals surface area contributed by atoms with Crippen LogP contribution in [0.25, 0.3) is 11.0 Å². The second-order valence-electron chi connectivity index (χ2n) is 4.99. The van der Waals surface area contributed by atoms with E-state index < -0.39 is 0 Å². The summed E-state index contributed by atoms with van der Waals surface area (Å²) in [6.07, 6.45) is 2.05. The Morgan fingerprint density at radius 2 is 2.15 bits per heavy atom. The second kappa shape index (κ2) is 5.25. The van der Waals surface area contributed by atoms with Gasteiger partial charge in [0.05, 0.1) is 17.6 Å². The first kappa shape index (κ1) is 13.1. The van der Waals surface area contributed by atoms with Crippen LogP contribution in [0.4, 0.5) is 5.69 Å². The van der Waals surface area contributed by atoms with E-state index in [1.165, 1.54) is 0 Å². The normalized spacial score (nSPS) is 11.3. The number of nitrogens with two attached hydrogens (primary N) is 1. The van der Waals surface area contributed by atoms with E-state index in [0.717, 1.165) is 52.6 Å². The molecule has 20 heavy (non-hydrogen) atoms. The number of nitrogen functional groups attached to an aromatic ring is 1. The van der Waals surface area contributed by atoms with Crippen LogP contribution >= 0.6 is 11.3 Å². The lowest BCUT2D eigenvalue weighted by molar-refractivity contribution is 0.718. The van der Waals surface area contributed by atoms with Gasteiger partial charge in [-0.05, 0) is 31.5 Å². The fourth-order valence-corrected chi connectivity index (χ4v) is 3.16. The van der Waals surface area contributed by atoms with E-state index in [0.29, 0.717) is 0 Å². The van der Waals surface area contributed by atoms with E-state index in [-0.39, 0.29) is 0 Å². The summed E-state index contributed by atoms with van der Waals surface area (Å²) in [5, 5.41) is 3.21. The highest BCUT2D eigenvalue weighted by atomic mass is 32.1. The summed E-state index contributed by atoms with van der Waals surface area (Å²) in [7, 11) is 0. The maximum absolute atomic E-state index is 5.85. The predicted octanol–water partition coefficient (Wildman–Crippen LogP) is 3.38. The second-order valence-corrected chi connectivity index (χ2v) is 5.94. The Kier molecular flexibility index (Phi) is 3.44. The molecule has 0 saturated carbocycles. The average Bonchev–Trinajstić information content (AvgIpc) is 2.95. The van der Waals surface area contributed by atoms with E-state index in [4.69, 9.17) is 10.7 Å². The molecule has 0 aliphatic rings. The van der Waals surface area contributed by atoms with Crippen LogP contribution in [-0.2, 0) is 13.0 Å². The SMILES string of the molecule is CCCc1nc2cc(N)ccc2n1Cc1nc(C)cs1. The third-order valence-corrected chi connectivity index (χ3v) is 4.24. The molecule has 3 aromatic rings.